The van der Waals surface area contributed by atoms with Crippen LogP contribution in [0.4, 0.5) is 0 Å². The lowest BCUT2D eigenvalue weighted by Crippen LogP contribution is -2.36. The fourth-order valence-corrected chi connectivity index (χ4v) is 3.05. The monoisotopic (exact) mass is 337 g/mol. The van der Waals surface area contributed by atoms with Gasteiger partial charge in [-0.15, -0.1) is 3.94 Å². The number of hydrogen-bond donors (Lipinski definition) is 3. The standard InChI is InChI=1S/C10H21Cl2NO5S/c1-10(2,13(11)12)4-3-5-19(17,18)7-9(16)8(15)6-14/h8-9,14-16H,3-7H2,1-2H3. The molecule has 0 amide bonds. The van der Waals surface area contributed by atoms with Crippen molar-refractivity contribution < 1.29 is 23.7 Å². The van der Waals surface area contributed by atoms with Gasteiger partial charge < -0.3 is 15.3 Å². The smallest absolute Gasteiger partial charge is 0.152 e. The van der Waals surface area contributed by atoms with Crippen LogP contribution < -0.4 is 0 Å². The number of sulfone groups is 1. The Bertz CT molecular complexity index is 361. The highest BCUT2D eigenvalue weighted by atomic mass is 35.5. The predicted octanol–water partition coefficient (Wildman–Crippen LogP) is 0.284. The summed E-state index contributed by atoms with van der Waals surface area (Å²) in [6.07, 6.45) is -2.15. The Hall–Kier alpha value is 0.370. The Labute approximate surface area is 124 Å². The summed E-state index contributed by atoms with van der Waals surface area (Å²) in [6, 6.07) is 0. The lowest BCUT2D eigenvalue weighted by Gasteiger charge is -2.27. The lowest BCUT2D eigenvalue weighted by molar-refractivity contribution is -0.00265. The first kappa shape index (κ1) is 19.4. The average molecular weight is 338 g/mol. The molecule has 2 atom stereocenters. The first-order chi connectivity index (χ1) is 8.52. The molecule has 0 radical (unpaired) electrons. The number of aliphatic hydroxyl groups is 3. The SMILES string of the molecule is CC(C)(CCCS(=O)(=O)CC(O)C(O)CO)N(Cl)Cl. The van der Waals surface area contributed by atoms with Crippen molar-refractivity contribution in [1.82, 2.24) is 3.94 Å². The van der Waals surface area contributed by atoms with Gasteiger partial charge in [0.05, 0.1) is 24.2 Å². The van der Waals surface area contributed by atoms with E-state index in [-0.39, 0.29) is 5.75 Å². The van der Waals surface area contributed by atoms with Gasteiger partial charge in [0, 0.05) is 5.54 Å². The van der Waals surface area contributed by atoms with E-state index in [1.165, 1.54) is 0 Å². The third kappa shape index (κ3) is 7.65. The second kappa shape index (κ2) is 7.97. The zero-order valence-corrected chi connectivity index (χ0v) is 13.3. The molecule has 19 heavy (non-hydrogen) atoms. The maximum Gasteiger partial charge on any atom is 0.152 e. The minimum absolute atomic E-state index is 0.146. The zero-order chi connectivity index (χ0) is 15.3. The van der Waals surface area contributed by atoms with Crippen LogP contribution >= 0.6 is 23.6 Å². The molecule has 0 rings (SSSR count). The summed E-state index contributed by atoms with van der Waals surface area (Å²) in [5, 5.41) is 27.1. The van der Waals surface area contributed by atoms with Gasteiger partial charge >= 0.3 is 0 Å². The number of rotatable bonds is 9. The normalized spacial score (nSPS) is 16.6. The molecule has 0 fully saturated rings. The van der Waals surface area contributed by atoms with E-state index in [9.17, 15) is 13.5 Å². The summed E-state index contributed by atoms with van der Waals surface area (Å²) in [6.45, 7) is 2.85. The van der Waals surface area contributed by atoms with E-state index in [1.54, 1.807) is 13.8 Å². The fraction of sp³-hybridized carbons (Fsp3) is 1.00. The summed E-state index contributed by atoms with van der Waals surface area (Å²) in [4.78, 5) is 0. The highest BCUT2D eigenvalue weighted by molar-refractivity contribution is 7.91. The van der Waals surface area contributed by atoms with E-state index in [4.69, 9.17) is 33.8 Å². The Morgan fingerprint density at radius 1 is 1.21 bits per heavy atom. The van der Waals surface area contributed by atoms with Gasteiger partial charge in [0.15, 0.2) is 9.84 Å². The van der Waals surface area contributed by atoms with Gasteiger partial charge in [0.2, 0.25) is 0 Å². The van der Waals surface area contributed by atoms with Crippen LogP contribution in [-0.2, 0) is 9.84 Å². The number of hydrogen-bond acceptors (Lipinski definition) is 6. The van der Waals surface area contributed by atoms with Gasteiger partial charge in [-0.25, -0.2) is 8.42 Å². The molecule has 6 nitrogen and oxygen atoms in total. The van der Waals surface area contributed by atoms with Gasteiger partial charge in [-0.2, -0.15) is 0 Å². The highest BCUT2D eigenvalue weighted by Crippen LogP contribution is 2.25. The predicted molar refractivity (Wildman–Crippen MR) is 74.6 cm³/mol. The van der Waals surface area contributed by atoms with Gasteiger partial charge in [-0.3, -0.25) is 0 Å². The molecule has 0 saturated heterocycles. The molecule has 0 bridgehead atoms. The van der Waals surface area contributed by atoms with E-state index in [1.807, 2.05) is 0 Å². The number of halogens is 2. The van der Waals surface area contributed by atoms with Gasteiger partial charge in [-0.05, 0) is 50.2 Å². The third-order valence-corrected chi connectivity index (χ3v) is 5.43. The first-order valence-electron chi connectivity index (χ1n) is 5.81. The minimum Gasteiger partial charge on any atom is -0.394 e. The van der Waals surface area contributed by atoms with Crippen LogP contribution in [0.3, 0.4) is 0 Å². The van der Waals surface area contributed by atoms with Crippen molar-refractivity contribution in [2.75, 3.05) is 18.1 Å². The van der Waals surface area contributed by atoms with Crippen molar-refractivity contribution in [2.45, 2.75) is 44.4 Å². The quantitative estimate of drug-likeness (QED) is 0.523. The largest absolute Gasteiger partial charge is 0.394 e. The minimum atomic E-state index is -3.51. The Balaban J connectivity index is 4.26. The second-order valence-corrected chi connectivity index (χ2v) is 8.16. The van der Waals surface area contributed by atoms with Crippen LogP contribution in [0.25, 0.3) is 0 Å². The van der Waals surface area contributed by atoms with Crippen LogP contribution in [0.1, 0.15) is 26.7 Å². The summed E-state index contributed by atoms with van der Waals surface area (Å²) in [5.74, 6) is -0.728. The van der Waals surface area contributed by atoms with Crippen molar-refractivity contribution in [3.8, 4) is 0 Å². The van der Waals surface area contributed by atoms with Crippen LogP contribution in [0.2, 0.25) is 0 Å². The van der Waals surface area contributed by atoms with Crippen molar-refractivity contribution in [3.05, 3.63) is 0 Å². The highest BCUT2D eigenvalue weighted by Gasteiger charge is 2.27. The maximum atomic E-state index is 11.7. The molecule has 0 aliphatic rings. The van der Waals surface area contributed by atoms with Crippen LogP contribution in [-0.4, -0.2) is 63.5 Å². The molecule has 116 valence electrons. The molecule has 0 saturated carbocycles. The molecule has 0 aliphatic heterocycles. The van der Waals surface area contributed by atoms with Crippen LogP contribution in [0.15, 0.2) is 0 Å². The van der Waals surface area contributed by atoms with E-state index in [2.05, 4.69) is 0 Å². The van der Waals surface area contributed by atoms with Gasteiger partial charge in [0.25, 0.3) is 0 Å². The second-order valence-electron chi connectivity index (χ2n) is 5.08. The molecule has 0 spiro atoms. The van der Waals surface area contributed by atoms with E-state index < -0.39 is 39.9 Å². The van der Waals surface area contributed by atoms with Gasteiger partial charge in [0.1, 0.15) is 6.10 Å². The lowest BCUT2D eigenvalue weighted by atomic mass is 10.0. The van der Waals surface area contributed by atoms with Crippen molar-refractivity contribution in [1.29, 1.82) is 0 Å². The van der Waals surface area contributed by atoms with E-state index in [0.717, 1.165) is 3.94 Å². The molecule has 0 aliphatic carbocycles. The summed E-state index contributed by atoms with van der Waals surface area (Å²) in [7, 11) is -3.51. The molecule has 9 heteroatoms. The molecule has 0 aromatic heterocycles. The van der Waals surface area contributed by atoms with Crippen molar-refractivity contribution in [2.24, 2.45) is 0 Å². The number of aliphatic hydroxyl groups excluding tert-OH is 3. The molecule has 0 heterocycles. The van der Waals surface area contributed by atoms with Crippen LogP contribution in [0, 0.1) is 0 Å². The Kier molecular flexibility index (Phi) is 8.13. The fourth-order valence-electron chi connectivity index (χ4n) is 1.39. The van der Waals surface area contributed by atoms with E-state index >= 15 is 0 Å². The third-order valence-electron chi connectivity index (χ3n) is 2.76. The maximum absolute atomic E-state index is 11.7. The molecule has 0 aromatic carbocycles. The Morgan fingerprint density at radius 3 is 2.16 bits per heavy atom. The summed E-state index contributed by atoms with van der Waals surface area (Å²) < 4.78 is 24.3. The zero-order valence-electron chi connectivity index (χ0n) is 11.0. The molecule has 0 aromatic rings. The van der Waals surface area contributed by atoms with Gasteiger partial charge in [-0.1, -0.05) is 0 Å². The summed E-state index contributed by atoms with van der Waals surface area (Å²) in [5.41, 5.74) is -0.554. The summed E-state index contributed by atoms with van der Waals surface area (Å²) >= 11 is 11.2. The Morgan fingerprint density at radius 2 is 1.74 bits per heavy atom. The molecular weight excluding hydrogens is 317 g/mol. The van der Waals surface area contributed by atoms with Crippen molar-refractivity contribution in [3.63, 3.8) is 0 Å². The average Bonchev–Trinajstić information content (AvgIpc) is 2.26. The van der Waals surface area contributed by atoms with Crippen molar-refractivity contribution >= 4 is 33.4 Å². The number of nitrogens with zero attached hydrogens (tertiary/aromatic N) is 1. The molecule has 3 N–H and O–H groups in total. The topological polar surface area (TPSA) is 98.1 Å². The van der Waals surface area contributed by atoms with Crippen LogP contribution in [0.5, 0.6) is 0 Å². The molecular formula is C10H21Cl2NO5S. The first-order valence-corrected chi connectivity index (χ1v) is 8.31. The van der Waals surface area contributed by atoms with E-state index in [0.29, 0.717) is 12.8 Å². The molecule has 2 unspecified atom stereocenters.